The van der Waals surface area contributed by atoms with Crippen molar-refractivity contribution in [2.24, 2.45) is 0 Å². The number of furan rings is 1. The maximum atomic E-state index is 13.7. The first kappa shape index (κ1) is 16.8. The highest BCUT2D eigenvalue weighted by Gasteiger charge is 2.22. The lowest BCUT2D eigenvalue weighted by molar-refractivity contribution is 0.0444. The third-order valence-corrected chi connectivity index (χ3v) is 3.66. The summed E-state index contributed by atoms with van der Waals surface area (Å²) in [6, 6.07) is 6.60. The fourth-order valence-corrected chi connectivity index (χ4v) is 2.39. The van der Waals surface area contributed by atoms with Gasteiger partial charge >= 0.3 is 5.97 Å². The molecule has 4 nitrogen and oxygen atoms in total. The molecule has 2 aromatic carbocycles. The van der Waals surface area contributed by atoms with E-state index in [1.807, 2.05) is 0 Å². The van der Waals surface area contributed by atoms with E-state index in [2.05, 4.69) is 0 Å². The number of Topliss-reactive ketones (excluding diaryl/α,β-unsaturated/α-hetero) is 1. The smallest absolute Gasteiger partial charge is 0.375 e. The number of fused-ring (bicyclic) bond motifs is 1. The second kappa shape index (κ2) is 6.43. The molecule has 0 unspecified atom stereocenters. The number of carbonyl (C=O) groups is 2. The van der Waals surface area contributed by atoms with Crippen LogP contribution in [0.3, 0.4) is 0 Å². The molecule has 0 saturated carbocycles. The normalized spacial score (nSPS) is 10.9. The molecule has 0 saturated heterocycles. The SMILES string of the molecule is Cc1c(C(=O)OCC(=O)c2cc(F)ccc2F)oc2c(F)cccc12. The third-order valence-electron chi connectivity index (χ3n) is 3.66. The van der Waals surface area contributed by atoms with E-state index in [1.165, 1.54) is 19.1 Å². The van der Waals surface area contributed by atoms with E-state index in [0.29, 0.717) is 17.0 Å². The van der Waals surface area contributed by atoms with Crippen molar-refractivity contribution in [2.45, 2.75) is 6.92 Å². The number of benzene rings is 2. The molecule has 7 heteroatoms. The highest BCUT2D eigenvalue weighted by molar-refractivity contribution is 6.00. The Hall–Kier alpha value is -3.09. The number of aryl methyl sites for hydroxylation is 1. The number of esters is 1. The van der Waals surface area contributed by atoms with Crippen LogP contribution in [0.5, 0.6) is 0 Å². The lowest BCUT2D eigenvalue weighted by Gasteiger charge is -2.04. The minimum absolute atomic E-state index is 0.102. The molecule has 3 rings (SSSR count). The van der Waals surface area contributed by atoms with E-state index < -0.39 is 41.4 Å². The molecule has 1 aromatic heterocycles. The Kier molecular flexibility index (Phi) is 4.31. The Morgan fingerprint density at radius 3 is 2.56 bits per heavy atom. The van der Waals surface area contributed by atoms with E-state index in [1.54, 1.807) is 6.07 Å². The second-order valence-corrected chi connectivity index (χ2v) is 5.30. The van der Waals surface area contributed by atoms with Gasteiger partial charge in [0.05, 0.1) is 5.56 Å². The molecule has 25 heavy (non-hydrogen) atoms. The van der Waals surface area contributed by atoms with Crippen LogP contribution in [0.4, 0.5) is 13.2 Å². The van der Waals surface area contributed by atoms with Gasteiger partial charge in [0.2, 0.25) is 11.5 Å². The number of hydrogen-bond acceptors (Lipinski definition) is 4. The van der Waals surface area contributed by atoms with E-state index in [-0.39, 0.29) is 11.3 Å². The molecule has 1 heterocycles. The van der Waals surface area contributed by atoms with Crippen molar-refractivity contribution in [1.29, 1.82) is 0 Å². The van der Waals surface area contributed by atoms with Crippen LogP contribution >= 0.6 is 0 Å². The summed E-state index contributed by atoms with van der Waals surface area (Å²) >= 11 is 0. The Labute approximate surface area is 139 Å². The summed E-state index contributed by atoms with van der Waals surface area (Å²) in [6.45, 7) is 0.730. The van der Waals surface area contributed by atoms with Crippen molar-refractivity contribution in [3.63, 3.8) is 0 Å². The molecule has 0 bridgehead atoms. The van der Waals surface area contributed by atoms with Crippen molar-refractivity contribution in [2.75, 3.05) is 6.61 Å². The first-order valence-electron chi connectivity index (χ1n) is 7.21. The predicted molar refractivity (Wildman–Crippen MR) is 81.9 cm³/mol. The molecular weight excluding hydrogens is 337 g/mol. The summed E-state index contributed by atoms with van der Waals surface area (Å²) in [5.74, 6) is -4.53. The molecule has 0 atom stereocenters. The highest BCUT2D eigenvalue weighted by Crippen LogP contribution is 2.27. The van der Waals surface area contributed by atoms with E-state index in [0.717, 1.165) is 12.1 Å². The fourth-order valence-electron chi connectivity index (χ4n) is 2.39. The van der Waals surface area contributed by atoms with Gasteiger partial charge < -0.3 is 9.15 Å². The minimum atomic E-state index is -1.00. The Morgan fingerprint density at radius 1 is 1.08 bits per heavy atom. The first-order chi connectivity index (χ1) is 11.9. The summed E-state index contributed by atoms with van der Waals surface area (Å²) in [6.07, 6.45) is 0. The van der Waals surface area contributed by atoms with Gasteiger partial charge in [0, 0.05) is 10.9 Å². The van der Waals surface area contributed by atoms with Crippen molar-refractivity contribution < 1.29 is 31.9 Å². The molecular formula is C18H11F3O4. The number of carbonyl (C=O) groups excluding carboxylic acids is 2. The van der Waals surface area contributed by atoms with Gasteiger partial charge in [-0.15, -0.1) is 0 Å². The average Bonchev–Trinajstić information content (AvgIpc) is 2.93. The number of hydrogen-bond donors (Lipinski definition) is 0. The average molecular weight is 348 g/mol. The monoisotopic (exact) mass is 348 g/mol. The number of rotatable bonds is 4. The zero-order valence-corrected chi connectivity index (χ0v) is 12.9. The van der Waals surface area contributed by atoms with Gasteiger partial charge in [-0.05, 0) is 31.2 Å². The molecule has 0 spiro atoms. The molecule has 128 valence electrons. The van der Waals surface area contributed by atoms with Crippen molar-refractivity contribution in [1.82, 2.24) is 0 Å². The maximum Gasteiger partial charge on any atom is 0.375 e. The van der Waals surface area contributed by atoms with Gasteiger partial charge in [-0.1, -0.05) is 12.1 Å². The van der Waals surface area contributed by atoms with Crippen molar-refractivity contribution in [3.8, 4) is 0 Å². The fraction of sp³-hybridized carbons (Fsp3) is 0.111. The van der Waals surface area contributed by atoms with E-state index in [9.17, 15) is 22.8 Å². The lowest BCUT2D eigenvalue weighted by atomic mass is 10.1. The minimum Gasteiger partial charge on any atom is -0.451 e. The van der Waals surface area contributed by atoms with E-state index >= 15 is 0 Å². The zero-order chi connectivity index (χ0) is 18.1. The summed E-state index contributed by atoms with van der Waals surface area (Å²) in [5.41, 5.74) is -0.279. The topological polar surface area (TPSA) is 56.5 Å². The molecule has 0 aliphatic carbocycles. The quantitative estimate of drug-likeness (QED) is 0.524. The third kappa shape index (κ3) is 3.13. The summed E-state index contributed by atoms with van der Waals surface area (Å²) < 4.78 is 50.3. The van der Waals surface area contributed by atoms with Crippen LogP contribution in [0.1, 0.15) is 26.5 Å². The largest absolute Gasteiger partial charge is 0.451 e. The summed E-state index contributed by atoms with van der Waals surface area (Å²) in [7, 11) is 0. The van der Waals surface area contributed by atoms with Gasteiger partial charge in [0.1, 0.15) is 11.6 Å². The molecule has 0 aliphatic rings. The van der Waals surface area contributed by atoms with Gasteiger partial charge in [0.15, 0.2) is 18.0 Å². The number of ketones is 1. The first-order valence-corrected chi connectivity index (χ1v) is 7.21. The van der Waals surface area contributed by atoms with Gasteiger partial charge in [0.25, 0.3) is 0 Å². The van der Waals surface area contributed by atoms with Crippen molar-refractivity contribution >= 4 is 22.7 Å². The van der Waals surface area contributed by atoms with Crippen LogP contribution < -0.4 is 0 Å². The molecule has 0 amide bonds. The standard InChI is InChI=1S/C18H11F3O4/c1-9-11-3-2-4-14(21)17(11)25-16(9)18(23)24-8-15(22)12-7-10(19)5-6-13(12)20/h2-7H,8H2,1H3. The van der Waals surface area contributed by atoms with Crippen LogP contribution in [0.15, 0.2) is 40.8 Å². The molecule has 0 N–H and O–H groups in total. The highest BCUT2D eigenvalue weighted by atomic mass is 19.1. The zero-order valence-electron chi connectivity index (χ0n) is 12.9. The summed E-state index contributed by atoms with van der Waals surface area (Å²) in [5, 5.41) is 0.398. The van der Waals surface area contributed by atoms with Crippen LogP contribution in [-0.2, 0) is 4.74 Å². The second-order valence-electron chi connectivity index (χ2n) is 5.30. The summed E-state index contributed by atoms with van der Waals surface area (Å²) in [4.78, 5) is 24.0. The van der Waals surface area contributed by atoms with Crippen LogP contribution in [-0.4, -0.2) is 18.4 Å². The van der Waals surface area contributed by atoms with Crippen LogP contribution in [0.2, 0.25) is 0 Å². The Morgan fingerprint density at radius 2 is 1.84 bits per heavy atom. The van der Waals surface area contributed by atoms with E-state index in [4.69, 9.17) is 9.15 Å². The maximum absolute atomic E-state index is 13.7. The number of para-hydroxylation sites is 1. The number of ether oxygens (including phenoxy) is 1. The molecule has 0 fully saturated rings. The molecule has 0 radical (unpaired) electrons. The Balaban J connectivity index is 1.79. The predicted octanol–water partition coefficient (Wildman–Crippen LogP) is 4.20. The van der Waals surface area contributed by atoms with Gasteiger partial charge in [-0.2, -0.15) is 0 Å². The van der Waals surface area contributed by atoms with Gasteiger partial charge in [-0.25, -0.2) is 18.0 Å². The lowest BCUT2D eigenvalue weighted by Crippen LogP contribution is -2.15. The van der Waals surface area contributed by atoms with Crippen LogP contribution in [0.25, 0.3) is 11.0 Å². The number of halogens is 3. The molecule has 0 aliphatic heterocycles. The molecule has 3 aromatic rings. The van der Waals surface area contributed by atoms with Crippen LogP contribution in [0, 0.1) is 24.4 Å². The van der Waals surface area contributed by atoms with Crippen molar-refractivity contribution in [3.05, 3.63) is 70.7 Å². The van der Waals surface area contributed by atoms with Gasteiger partial charge in [-0.3, -0.25) is 4.79 Å². The Bertz CT molecular complexity index is 991.